The van der Waals surface area contributed by atoms with Gasteiger partial charge in [-0.15, -0.1) is 0 Å². The third kappa shape index (κ3) is 3.86. The van der Waals surface area contributed by atoms with Crippen LogP contribution in [-0.4, -0.2) is 6.54 Å². The summed E-state index contributed by atoms with van der Waals surface area (Å²) in [6.45, 7) is 1.81. The lowest BCUT2D eigenvalue weighted by atomic mass is 10.1. The molecule has 0 saturated heterocycles. The van der Waals surface area contributed by atoms with Crippen LogP contribution in [0.2, 0.25) is 0 Å². The number of hydrogen-bond donors (Lipinski definition) is 2. The summed E-state index contributed by atoms with van der Waals surface area (Å²) in [4.78, 5) is 0. The first-order valence-electron chi connectivity index (χ1n) is 6.04. The second-order valence-electron chi connectivity index (χ2n) is 4.26. The van der Waals surface area contributed by atoms with Crippen molar-refractivity contribution in [1.29, 1.82) is 0 Å². The molecule has 0 saturated carbocycles. The molecule has 0 atom stereocenters. The van der Waals surface area contributed by atoms with Gasteiger partial charge in [-0.25, -0.2) is 0 Å². The van der Waals surface area contributed by atoms with Crippen molar-refractivity contribution >= 4 is 21.6 Å². The van der Waals surface area contributed by atoms with Crippen molar-refractivity contribution in [2.75, 3.05) is 12.3 Å². The summed E-state index contributed by atoms with van der Waals surface area (Å²) in [6.07, 6.45) is 1.02. The van der Waals surface area contributed by atoms with Crippen molar-refractivity contribution < 1.29 is 0 Å². The largest absolute Gasteiger partial charge is 0.399 e. The lowest BCUT2D eigenvalue weighted by molar-refractivity contribution is 0.686. The summed E-state index contributed by atoms with van der Waals surface area (Å²) < 4.78 is 1.18. The minimum atomic E-state index is 0.820. The monoisotopic (exact) mass is 304 g/mol. The van der Waals surface area contributed by atoms with Crippen LogP contribution in [0.5, 0.6) is 0 Å². The molecule has 0 unspecified atom stereocenters. The molecule has 0 spiro atoms. The number of nitrogen functional groups attached to an aromatic ring is 1. The van der Waals surface area contributed by atoms with Gasteiger partial charge in [0.2, 0.25) is 0 Å². The number of benzene rings is 2. The standard InChI is InChI=1S/C15H17BrN2/c16-15-7-2-1-5-13(15)8-9-18-11-12-4-3-6-14(17)10-12/h1-7,10,18H,8-9,11,17H2. The van der Waals surface area contributed by atoms with E-state index >= 15 is 0 Å². The zero-order chi connectivity index (χ0) is 12.8. The maximum Gasteiger partial charge on any atom is 0.0317 e. The van der Waals surface area contributed by atoms with Crippen LogP contribution in [0.15, 0.2) is 53.0 Å². The van der Waals surface area contributed by atoms with Gasteiger partial charge in [0.25, 0.3) is 0 Å². The van der Waals surface area contributed by atoms with Gasteiger partial charge in [-0.1, -0.05) is 46.3 Å². The first kappa shape index (κ1) is 13.1. The van der Waals surface area contributed by atoms with Gasteiger partial charge in [-0.05, 0) is 42.3 Å². The summed E-state index contributed by atoms with van der Waals surface area (Å²) >= 11 is 3.56. The molecular weight excluding hydrogens is 288 g/mol. The molecule has 0 aromatic heterocycles. The molecule has 0 heterocycles. The lowest BCUT2D eigenvalue weighted by Crippen LogP contribution is -2.16. The Kier molecular flexibility index (Phi) is 4.79. The molecule has 0 aliphatic rings. The summed E-state index contributed by atoms with van der Waals surface area (Å²) in [5, 5.41) is 3.43. The fourth-order valence-electron chi connectivity index (χ4n) is 1.86. The molecule has 0 fully saturated rings. The van der Waals surface area contributed by atoms with Gasteiger partial charge in [0.15, 0.2) is 0 Å². The zero-order valence-corrected chi connectivity index (χ0v) is 11.8. The molecule has 2 rings (SSSR count). The predicted molar refractivity (Wildman–Crippen MR) is 80.4 cm³/mol. The SMILES string of the molecule is Nc1cccc(CNCCc2ccccc2Br)c1. The van der Waals surface area contributed by atoms with Crippen LogP contribution >= 0.6 is 15.9 Å². The molecule has 0 amide bonds. The van der Waals surface area contributed by atoms with Crippen molar-refractivity contribution in [1.82, 2.24) is 5.32 Å². The third-order valence-electron chi connectivity index (χ3n) is 2.81. The van der Waals surface area contributed by atoms with Crippen molar-refractivity contribution in [3.8, 4) is 0 Å². The Morgan fingerprint density at radius 1 is 1.06 bits per heavy atom. The third-order valence-corrected chi connectivity index (χ3v) is 3.58. The molecule has 2 aromatic rings. The van der Waals surface area contributed by atoms with E-state index in [1.54, 1.807) is 0 Å². The first-order valence-corrected chi connectivity index (χ1v) is 6.83. The molecule has 2 nitrogen and oxygen atoms in total. The van der Waals surface area contributed by atoms with Gasteiger partial charge in [-0.3, -0.25) is 0 Å². The van der Waals surface area contributed by atoms with Crippen LogP contribution in [0.4, 0.5) is 5.69 Å². The highest BCUT2D eigenvalue weighted by atomic mass is 79.9. The van der Waals surface area contributed by atoms with Gasteiger partial charge >= 0.3 is 0 Å². The highest BCUT2D eigenvalue weighted by molar-refractivity contribution is 9.10. The van der Waals surface area contributed by atoms with Gasteiger partial charge in [-0.2, -0.15) is 0 Å². The maximum atomic E-state index is 5.74. The number of halogens is 1. The van der Waals surface area contributed by atoms with E-state index in [4.69, 9.17) is 5.73 Å². The molecule has 2 aromatic carbocycles. The fourth-order valence-corrected chi connectivity index (χ4v) is 2.34. The molecule has 0 radical (unpaired) electrons. The molecule has 0 bridgehead atoms. The van der Waals surface area contributed by atoms with Crippen LogP contribution in [-0.2, 0) is 13.0 Å². The normalized spacial score (nSPS) is 10.5. The Morgan fingerprint density at radius 2 is 1.89 bits per heavy atom. The van der Waals surface area contributed by atoms with Gasteiger partial charge in [0, 0.05) is 16.7 Å². The first-order chi connectivity index (χ1) is 8.75. The second-order valence-corrected chi connectivity index (χ2v) is 5.12. The van der Waals surface area contributed by atoms with E-state index < -0.39 is 0 Å². The van der Waals surface area contributed by atoms with Crippen molar-refractivity contribution in [2.45, 2.75) is 13.0 Å². The second kappa shape index (κ2) is 6.57. The van der Waals surface area contributed by atoms with Crippen LogP contribution < -0.4 is 11.1 Å². The highest BCUT2D eigenvalue weighted by Crippen LogP contribution is 2.15. The maximum absolute atomic E-state index is 5.74. The molecular formula is C15H17BrN2. The molecule has 3 heteroatoms. The number of hydrogen-bond acceptors (Lipinski definition) is 2. The summed E-state index contributed by atoms with van der Waals surface area (Å²) in [7, 11) is 0. The topological polar surface area (TPSA) is 38.0 Å². The molecule has 18 heavy (non-hydrogen) atoms. The average molecular weight is 305 g/mol. The number of rotatable bonds is 5. The van der Waals surface area contributed by atoms with E-state index in [-0.39, 0.29) is 0 Å². The van der Waals surface area contributed by atoms with Crippen LogP contribution in [0.1, 0.15) is 11.1 Å². The molecule has 94 valence electrons. The highest BCUT2D eigenvalue weighted by Gasteiger charge is 1.98. The summed E-state index contributed by atoms with van der Waals surface area (Å²) in [6, 6.07) is 16.3. The molecule has 0 aliphatic heterocycles. The summed E-state index contributed by atoms with van der Waals surface area (Å²) in [5.41, 5.74) is 9.11. The van der Waals surface area contributed by atoms with Crippen LogP contribution in [0.25, 0.3) is 0 Å². The Balaban J connectivity index is 1.78. The Hall–Kier alpha value is -1.32. The minimum absolute atomic E-state index is 0.820. The van der Waals surface area contributed by atoms with Gasteiger partial charge in [0.1, 0.15) is 0 Å². The molecule has 3 N–H and O–H groups in total. The van der Waals surface area contributed by atoms with Gasteiger partial charge in [0.05, 0.1) is 0 Å². The smallest absolute Gasteiger partial charge is 0.0317 e. The Labute approximate surface area is 116 Å². The van der Waals surface area contributed by atoms with Crippen molar-refractivity contribution in [3.05, 3.63) is 64.1 Å². The fraction of sp³-hybridized carbons (Fsp3) is 0.200. The number of nitrogens with two attached hydrogens (primary N) is 1. The Morgan fingerprint density at radius 3 is 2.67 bits per heavy atom. The zero-order valence-electron chi connectivity index (χ0n) is 10.2. The van der Waals surface area contributed by atoms with Crippen molar-refractivity contribution in [3.63, 3.8) is 0 Å². The van der Waals surface area contributed by atoms with Crippen LogP contribution in [0.3, 0.4) is 0 Å². The Bertz CT molecular complexity index is 511. The average Bonchev–Trinajstić information content (AvgIpc) is 2.37. The number of nitrogens with one attached hydrogen (secondary N) is 1. The van der Waals surface area contributed by atoms with E-state index in [2.05, 4.69) is 45.5 Å². The minimum Gasteiger partial charge on any atom is -0.399 e. The van der Waals surface area contributed by atoms with E-state index in [0.717, 1.165) is 25.2 Å². The number of anilines is 1. The van der Waals surface area contributed by atoms with Crippen LogP contribution in [0, 0.1) is 0 Å². The van der Waals surface area contributed by atoms with E-state index in [0.29, 0.717) is 0 Å². The van der Waals surface area contributed by atoms with Gasteiger partial charge < -0.3 is 11.1 Å². The van der Waals surface area contributed by atoms with E-state index in [9.17, 15) is 0 Å². The summed E-state index contributed by atoms with van der Waals surface area (Å²) in [5.74, 6) is 0. The van der Waals surface area contributed by atoms with E-state index in [1.165, 1.54) is 15.6 Å². The van der Waals surface area contributed by atoms with E-state index in [1.807, 2.05) is 24.3 Å². The quantitative estimate of drug-likeness (QED) is 0.656. The van der Waals surface area contributed by atoms with Crippen molar-refractivity contribution in [2.24, 2.45) is 0 Å². The predicted octanol–water partition coefficient (Wildman–Crippen LogP) is 3.36. The lowest BCUT2D eigenvalue weighted by Gasteiger charge is -2.07. The molecule has 0 aliphatic carbocycles.